The average molecular weight is 337 g/mol. The van der Waals surface area contributed by atoms with Gasteiger partial charge in [-0.15, -0.1) is 0 Å². The molecule has 2 amide bonds. The second-order valence-corrected chi connectivity index (χ2v) is 6.53. The lowest BCUT2D eigenvalue weighted by Gasteiger charge is -2.30. The van der Waals surface area contributed by atoms with Crippen LogP contribution in [0.1, 0.15) is 38.2 Å². The van der Waals surface area contributed by atoms with E-state index in [4.69, 9.17) is 11.6 Å². The third kappa shape index (κ3) is 5.54. The van der Waals surface area contributed by atoms with Crippen LogP contribution < -0.4 is 5.32 Å². The van der Waals surface area contributed by atoms with Crippen LogP contribution in [0.25, 0.3) is 0 Å². The summed E-state index contributed by atoms with van der Waals surface area (Å²) in [6.45, 7) is 3.68. The third-order valence-corrected chi connectivity index (χ3v) is 4.81. The van der Waals surface area contributed by atoms with Crippen LogP contribution in [0.15, 0.2) is 24.3 Å². The molecule has 0 atom stereocenters. The normalized spacial score (nSPS) is 15.5. The first-order valence-corrected chi connectivity index (χ1v) is 8.72. The number of carbonyl (C=O) groups excluding carboxylic acids is 2. The summed E-state index contributed by atoms with van der Waals surface area (Å²) in [5.41, 5.74) is 1.16. The Balaban J connectivity index is 1.60. The zero-order valence-corrected chi connectivity index (χ0v) is 14.4. The van der Waals surface area contributed by atoms with Gasteiger partial charge in [-0.2, -0.15) is 0 Å². The fourth-order valence-electron chi connectivity index (χ4n) is 2.95. The monoisotopic (exact) mass is 336 g/mol. The Morgan fingerprint density at radius 2 is 1.91 bits per heavy atom. The molecule has 0 aromatic heterocycles. The number of amides is 2. The predicted octanol–water partition coefficient (Wildman–Crippen LogP) is 3.04. The summed E-state index contributed by atoms with van der Waals surface area (Å²) in [6, 6.07) is 7.88. The highest BCUT2D eigenvalue weighted by molar-refractivity contribution is 6.31. The molecule has 1 heterocycles. The van der Waals surface area contributed by atoms with Gasteiger partial charge < -0.3 is 10.2 Å². The molecule has 4 nitrogen and oxygen atoms in total. The maximum atomic E-state index is 12.1. The van der Waals surface area contributed by atoms with Gasteiger partial charge in [-0.05, 0) is 43.7 Å². The summed E-state index contributed by atoms with van der Waals surface area (Å²) >= 11 is 6.13. The molecule has 23 heavy (non-hydrogen) atoms. The quantitative estimate of drug-likeness (QED) is 0.812. The number of halogens is 1. The standard InChI is InChI=1S/C18H25ClN2O2/c1-14(22)21-12-9-16(10-13-21)18(23)20-11-5-4-7-15-6-2-3-8-17(15)19/h2-3,6,8,16H,4-5,7,9-13H2,1H3,(H,20,23). The number of rotatable bonds is 6. The lowest BCUT2D eigenvalue weighted by molar-refractivity contribution is -0.133. The fourth-order valence-corrected chi connectivity index (χ4v) is 3.18. The van der Waals surface area contributed by atoms with E-state index in [-0.39, 0.29) is 17.7 Å². The van der Waals surface area contributed by atoms with Gasteiger partial charge in [0.05, 0.1) is 0 Å². The largest absolute Gasteiger partial charge is 0.356 e. The highest BCUT2D eigenvalue weighted by Crippen LogP contribution is 2.18. The Morgan fingerprint density at radius 1 is 1.22 bits per heavy atom. The maximum Gasteiger partial charge on any atom is 0.223 e. The van der Waals surface area contributed by atoms with E-state index in [1.165, 1.54) is 0 Å². The van der Waals surface area contributed by atoms with E-state index in [2.05, 4.69) is 5.32 Å². The Morgan fingerprint density at radius 3 is 2.57 bits per heavy atom. The predicted molar refractivity (Wildman–Crippen MR) is 92.4 cm³/mol. The molecule has 2 rings (SSSR count). The smallest absolute Gasteiger partial charge is 0.223 e. The van der Waals surface area contributed by atoms with Gasteiger partial charge in [0.2, 0.25) is 11.8 Å². The second-order valence-electron chi connectivity index (χ2n) is 6.12. The summed E-state index contributed by atoms with van der Waals surface area (Å²) in [5, 5.41) is 3.84. The molecule has 0 radical (unpaired) electrons. The highest BCUT2D eigenvalue weighted by Gasteiger charge is 2.25. The Hall–Kier alpha value is -1.55. The Kier molecular flexibility index (Phi) is 6.90. The van der Waals surface area contributed by atoms with Gasteiger partial charge in [0.25, 0.3) is 0 Å². The molecule has 1 aliphatic heterocycles. The lowest BCUT2D eigenvalue weighted by Crippen LogP contribution is -2.42. The van der Waals surface area contributed by atoms with Crippen LogP contribution in [-0.4, -0.2) is 36.3 Å². The van der Waals surface area contributed by atoms with Gasteiger partial charge in [0.1, 0.15) is 0 Å². The molecule has 0 bridgehead atoms. The molecular formula is C18H25ClN2O2. The van der Waals surface area contributed by atoms with Crippen LogP contribution in [0.3, 0.4) is 0 Å². The van der Waals surface area contributed by atoms with Gasteiger partial charge in [0, 0.05) is 37.5 Å². The molecule has 1 saturated heterocycles. The summed E-state index contributed by atoms with van der Waals surface area (Å²) in [4.78, 5) is 25.2. The molecule has 1 aromatic carbocycles. The van der Waals surface area contributed by atoms with Crippen LogP contribution >= 0.6 is 11.6 Å². The number of unbranched alkanes of at least 4 members (excludes halogenated alkanes) is 1. The minimum Gasteiger partial charge on any atom is -0.356 e. The van der Waals surface area contributed by atoms with Crippen molar-refractivity contribution in [2.75, 3.05) is 19.6 Å². The van der Waals surface area contributed by atoms with Crippen LogP contribution in [-0.2, 0) is 16.0 Å². The lowest BCUT2D eigenvalue weighted by atomic mass is 9.96. The fraction of sp³-hybridized carbons (Fsp3) is 0.556. The van der Waals surface area contributed by atoms with Gasteiger partial charge in [0.15, 0.2) is 0 Å². The Bertz CT molecular complexity index is 540. The number of nitrogens with zero attached hydrogens (tertiary/aromatic N) is 1. The molecule has 126 valence electrons. The van der Waals surface area contributed by atoms with Crippen molar-refractivity contribution in [1.82, 2.24) is 10.2 Å². The van der Waals surface area contributed by atoms with E-state index in [0.29, 0.717) is 19.6 Å². The molecule has 0 spiro atoms. The minimum atomic E-state index is 0.0502. The van der Waals surface area contributed by atoms with Crippen molar-refractivity contribution in [1.29, 1.82) is 0 Å². The number of hydrogen-bond donors (Lipinski definition) is 1. The number of benzene rings is 1. The summed E-state index contributed by atoms with van der Waals surface area (Å²) < 4.78 is 0. The van der Waals surface area contributed by atoms with Crippen molar-refractivity contribution in [3.8, 4) is 0 Å². The van der Waals surface area contributed by atoms with Gasteiger partial charge in [-0.25, -0.2) is 0 Å². The van der Waals surface area contributed by atoms with E-state index < -0.39 is 0 Å². The van der Waals surface area contributed by atoms with Crippen LogP contribution in [0.4, 0.5) is 0 Å². The topological polar surface area (TPSA) is 49.4 Å². The first kappa shape index (κ1) is 17.8. The molecule has 1 aromatic rings. The van der Waals surface area contributed by atoms with Crippen LogP contribution in [0, 0.1) is 5.92 Å². The molecule has 1 fully saturated rings. The Labute approximate surface area is 143 Å². The molecular weight excluding hydrogens is 312 g/mol. The van der Waals surface area contributed by atoms with Crippen LogP contribution in [0.5, 0.6) is 0 Å². The number of hydrogen-bond acceptors (Lipinski definition) is 2. The number of nitrogens with one attached hydrogen (secondary N) is 1. The number of carbonyl (C=O) groups is 2. The summed E-state index contributed by atoms with van der Waals surface area (Å²) in [7, 11) is 0. The van der Waals surface area contributed by atoms with E-state index in [9.17, 15) is 9.59 Å². The number of aryl methyl sites for hydroxylation is 1. The number of piperidine rings is 1. The van der Waals surface area contributed by atoms with Crippen molar-refractivity contribution in [3.05, 3.63) is 34.9 Å². The zero-order chi connectivity index (χ0) is 16.7. The van der Waals surface area contributed by atoms with Crippen molar-refractivity contribution < 1.29 is 9.59 Å². The minimum absolute atomic E-state index is 0.0502. The maximum absolute atomic E-state index is 12.1. The SMILES string of the molecule is CC(=O)N1CCC(C(=O)NCCCCc2ccccc2Cl)CC1. The first-order chi connectivity index (χ1) is 11.1. The molecule has 1 aliphatic rings. The van der Waals surface area contributed by atoms with E-state index >= 15 is 0 Å². The van der Waals surface area contributed by atoms with E-state index in [1.807, 2.05) is 29.2 Å². The second kappa shape index (κ2) is 8.92. The molecule has 5 heteroatoms. The van der Waals surface area contributed by atoms with Gasteiger partial charge in [-0.1, -0.05) is 29.8 Å². The summed E-state index contributed by atoms with van der Waals surface area (Å²) in [5.74, 6) is 0.281. The van der Waals surface area contributed by atoms with Gasteiger partial charge in [-0.3, -0.25) is 9.59 Å². The highest BCUT2D eigenvalue weighted by atomic mass is 35.5. The van der Waals surface area contributed by atoms with Crippen molar-refractivity contribution in [2.45, 2.75) is 39.0 Å². The molecule has 0 aliphatic carbocycles. The molecule has 1 N–H and O–H groups in total. The van der Waals surface area contributed by atoms with Crippen molar-refractivity contribution >= 4 is 23.4 Å². The third-order valence-electron chi connectivity index (χ3n) is 4.44. The van der Waals surface area contributed by atoms with E-state index in [0.717, 1.165) is 42.7 Å². The molecule has 0 unspecified atom stereocenters. The first-order valence-electron chi connectivity index (χ1n) is 8.34. The van der Waals surface area contributed by atoms with Crippen molar-refractivity contribution in [3.63, 3.8) is 0 Å². The van der Waals surface area contributed by atoms with Gasteiger partial charge >= 0.3 is 0 Å². The summed E-state index contributed by atoms with van der Waals surface area (Å²) in [6.07, 6.45) is 4.43. The average Bonchev–Trinajstić information content (AvgIpc) is 2.56. The van der Waals surface area contributed by atoms with Crippen LogP contribution in [0.2, 0.25) is 5.02 Å². The van der Waals surface area contributed by atoms with Crippen molar-refractivity contribution in [2.24, 2.45) is 5.92 Å². The zero-order valence-electron chi connectivity index (χ0n) is 13.7. The number of likely N-dealkylation sites (tertiary alicyclic amines) is 1. The van der Waals surface area contributed by atoms with E-state index in [1.54, 1.807) is 6.92 Å². The molecule has 0 saturated carbocycles.